The average molecular weight is 899 g/mol. The highest BCUT2D eigenvalue weighted by atomic mass is 16.7. The Balaban J connectivity index is 1.81. The van der Waals surface area contributed by atoms with Crippen molar-refractivity contribution in [2.24, 2.45) is 24.3 Å². The number of hydrogen-bond donors (Lipinski definition) is 1. The molecule has 4 aliphatic rings. The number of aromatic nitrogens is 2. The molecule has 64 heavy (non-hydrogen) atoms. The van der Waals surface area contributed by atoms with E-state index in [4.69, 9.17) is 42.6 Å². The van der Waals surface area contributed by atoms with Crippen molar-refractivity contribution in [2.45, 2.75) is 122 Å². The van der Waals surface area contributed by atoms with E-state index >= 15 is 0 Å². The number of aryl methyl sites for hydroxylation is 1. The van der Waals surface area contributed by atoms with Crippen LogP contribution in [0.2, 0.25) is 0 Å². The van der Waals surface area contributed by atoms with E-state index in [1.54, 1.807) is 6.92 Å². The maximum absolute atomic E-state index is 14.6. The zero-order chi connectivity index (χ0) is 47.4. The number of fused-ring (bicyclic) bond motifs is 5. The van der Waals surface area contributed by atoms with Gasteiger partial charge in [0, 0.05) is 66.0 Å². The first kappa shape index (κ1) is 47.3. The second-order valence-corrected chi connectivity index (χ2v) is 17.0. The van der Waals surface area contributed by atoms with Crippen molar-refractivity contribution in [3.63, 3.8) is 0 Å². The summed E-state index contributed by atoms with van der Waals surface area (Å²) in [5, 5.41) is 13.6. The van der Waals surface area contributed by atoms with E-state index in [1.807, 2.05) is 0 Å². The Hall–Kier alpha value is -6.22. The van der Waals surface area contributed by atoms with E-state index in [0.717, 1.165) is 64.4 Å². The molecule has 0 amide bonds. The Morgan fingerprint density at radius 2 is 1.39 bits per heavy atom. The third-order valence-corrected chi connectivity index (χ3v) is 12.7. The van der Waals surface area contributed by atoms with Crippen molar-refractivity contribution in [3.05, 3.63) is 63.8 Å². The molecule has 13 atom stereocenters. The molecule has 21 nitrogen and oxygen atoms in total. The van der Waals surface area contributed by atoms with Crippen LogP contribution >= 0.6 is 0 Å². The van der Waals surface area contributed by atoms with Gasteiger partial charge in [-0.2, -0.15) is 0 Å². The summed E-state index contributed by atoms with van der Waals surface area (Å²) in [5.74, 6) is -12.3. The second-order valence-electron chi connectivity index (χ2n) is 17.0. The molecular formula is C43H50N2O19. The molecule has 4 heterocycles. The van der Waals surface area contributed by atoms with E-state index in [-0.39, 0.29) is 16.8 Å². The minimum atomic E-state index is -2.91. The van der Waals surface area contributed by atoms with Gasteiger partial charge in [0.25, 0.3) is 0 Å². The van der Waals surface area contributed by atoms with Gasteiger partial charge in [0.15, 0.2) is 30.0 Å². The van der Waals surface area contributed by atoms with Crippen LogP contribution in [0.25, 0.3) is 0 Å². The van der Waals surface area contributed by atoms with E-state index in [2.05, 4.69) is 4.98 Å². The molecule has 6 rings (SSSR count). The molecule has 346 valence electrons. The number of carbonyl (C=O) groups excluding carboxylic acids is 8. The molecule has 0 aromatic carbocycles. The highest BCUT2D eigenvalue weighted by molar-refractivity contribution is 5.91. The number of rotatable bonds is 8. The van der Waals surface area contributed by atoms with Crippen molar-refractivity contribution in [1.82, 2.24) is 9.55 Å². The molecule has 21 heteroatoms. The minimum absolute atomic E-state index is 0.0696. The fourth-order valence-corrected chi connectivity index (χ4v) is 9.97. The van der Waals surface area contributed by atoms with Gasteiger partial charge >= 0.3 is 47.8 Å². The molecule has 2 aromatic heterocycles. The third-order valence-electron chi connectivity index (χ3n) is 12.7. The SMILES string of the molecule is CC(=O)OCC12C(OC(C)=O)C(OC(C)=O)C3C(OC(C)=O)C14OC3(C)COC(=O)c1cccnc1C(C)C(C)C(=O)OC(C(OC(C)=O)C2OC(=O)c1ccc(=O)n(C)c1)C4(C)O. The standard InChI is InChI=1S/C43H50N2O19/c1-19-20(2)37(52)62-34-32(59-23(5)48)36(63-38(53)26-13-14-28(51)45(10)16-26)42(18-56-21(3)46)35(61-25(7)50)31(58-22(4)47)29-33(60-24(6)49)43(42,41(34,9)55)64-40(29,8)17-57-39(54)27-12-11-15-44-30(19)27/h11-16,19-20,29,31-36,55H,17-18H2,1-10H3. The number of ether oxygens (including phenoxy) is 9. The van der Waals surface area contributed by atoms with Gasteiger partial charge in [-0.3, -0.25) is 38.5 Å². The predicted molar refractivity (Wildman–Crippen MR) is 210 cm³/mol. The monoisotopic (exact) mass is 898 g/mol. The van der Waals surface area contributed by atoms with E-state index in [0.29, 0.717) is 0 Å². The fourth-order valence-electron chi connectivity index (χ4n) is 9.97. The average Bonchev–Trinajstić information content (AvgIpc) is 3.42. The number of aliphatic hydroxyl groups is 1. The first-order chi connectivity index (χ1) is 29.8. The van der Waals surface area contributed by atoms with Crippen LogP contribution in [0.15, 0.2) is 41.5 Å². The topological polar surface area (TPSA) is 275 Å². The van der Waals surface area contributed by atoms with Crippen molar-refractivity contribution in [3.8, 4) is 0 Å². The summed E-state index contributed by atoms with van der Waals surface area (Å²) in [6.07, 6.45) is -10.1. The van der Waals surface area contributed by atoms with Crippen LogP contribution < -0.4 is 5.56 Å². The summed E-state index contributed by atoms with van der Waals surface area (Å²) in [5.41, 5.74) is -11.4. The molecule has 2 aromatic rings. The van der Waals surface area contributed by atoms with Crippen molar-refractivity contribution >= 4 is 47.8 Å². The Labute approximate surface area is 365 Å². The predicted octanol–water partition coefficient (Wildman–Crippen LogP) is 1.03. The summed E-state index contributed by atoms with van der Waals surface area (Å²) in [7, 11) is 1.33. The minimum Gasteiger partial charge on any atom is -0.465 e. The normalized spacial score (nSPS) is 35.3. The lowest BCUT2D eigenvalue weighted by molar-refractivity contribution is -0.385. The quantitative estimate of drug-likeness (QED) is 0.286. The smallest absolute Gasteiger partial charge is 0.340 e. The van der Waals surface area contributed by atoms with Crippen LogP contribution in [0.5, 0.6) is 0 Å². The number of nitrogens with zero attached hydrogens (tertiary/aromatic N) is 2. The van der Waals surface area contributed by atoms with Crippen LogP contribution in [0, 0.1) is 17.3 Å². The summed E-state index contributed by atoms with van der Waals surface area (Å²) in [6, 6.07) is 5.01. The maximum Gasteiger partial charge on any atom is 0.340 e. The van der Waals surface area contributed by atoms with Gasteiger partial charge in [-0.25, -0.2) is 9.59 Å². The second kappa shape index (κ2) is 17.1. The number of carbonyl (C=O) groups is 8. The van der Waals surface area contributed by atoms with Crippen LogP contribution in [0.4, 0.5) is 0 Å². The van der Waals surface area contributed by atoms with Crippen molar-refractivity contribution in [2.75, 3.05) is 13.2 Å². The molecule has 4 bridgehead atoms. The lowest BCUT2D eigenvalue weighted by Crippen LogP contribution is -2.89. The van der Waals surface area contributed by atoms with Gasteiger partial charge < -0.3 is 52.3 Å². The lowest BCUT2D eigenvalue weighted by atomic mass is 9.45. The van der Waals surface area contributed by atoms with E-state index < -0.39 is 143 Å². The number of cyclic esters (lactones) is 1. The molecule has 2 aliphatic heterocycles. The molecule has 2 saturated carbocycles. The first-order valence-electron chi connectivity index (χ1n) is 20.3. The van der Waals surface area contributed by atoms with Crippen LogP contribution in [-0.2, 0) is 78.4 Å². The number of pyridine rings is 2. The Bertz CT molecular complexity index is 2340. The van der Waals surface area contributed by atoms with Crippen LogP contribution in [-0.4, -0.2) is 129 Å². The van der Waals surface area contributed by atoms with Crippen molar-refractivity contribution < 1.29 is 86.1 Å². The summed E-state index contributed by atoms with van der Waals surface area (Å²) >= 11 is 0. The molecule has 2 aliphatic carbocycles. The van der Waals surface area contributed by atoms with E-state index in [1.165, 1.54) is 39.2 Å². The molecule has 1 saturated heterocycles. The zero-order valence-electron chi connectivity index (χ0n) is 36.8. The largest absolute Gasteiger partial charge is 0.465 e. The van der Waals surface area contributed by atoms with Gasteiger partial charge in [0.2, 0.25) is 5.56 Å². The van der Waals surface area contributed by atoms with Crippen molar-refractivity contribution in [1.29, 1.82) is 0 Å². The Kier molecular flexibility index (Phi) is 12.6. The Morgan fingerprint density at radius 3 is 1.98 bits per heavy atom. The third kappa shape index (κ3) is 7.66. The van der Waals surface area contributed by atoms with Gasteiger partial charge in [0.05, 0.1) is 28.7 Å². The summed E-state index contributed by atoms with van der Waals surface area (Å²) in [6.45, 7) is 8.37. The highest BCUT2D eigenvalue weighted by Gasteiger charge is 2.92. The summed E-state index contributed by atoms with van der Waals surface area (Å²) in [4.78, 5) is 127. The van der Waals surface area contributed by atoms with Crippen LogP contribution in [0.1, 0.15) is 94.6 Å². The molecule has 13 unspecified atom stereocenters. The van der Waals surface area contributed by atoms with E-state index in [9.17, 15) is 48.3 Å². The first-order valence-corrected chi connectivity index (χ1v) is 20.3. The molecular weight excluding hydrogens is 848 g/mol. The molecule has 1 N–H and O–H groups in total. The molecule has 1 spiro atoms. The molecule has 3 fully saturated rings. The van der Waals surface area contributed by atoms with Gasteiger partial charge in [-0.15, -0.1) is 0 Å². The number of hydrogen-bond acceptors (Lipinski definition) is 20. The molecule has 0 radical (unpaired) electrons. The lowest BCUT2D eigenvalue weighted by Gasteiger charge is -2.67. The van der Waals surface area contributed by atoms with Gasteiger partial charge in [-0.1, -0.05) is 13.8 Å². The highest BCUT2D eigenvalue weighted by Crippen LogP contribution is 2.70. The fraction of sp³-hybridized carbons (Fsp3) is 0.581. The van der Waals surface area contributed by atoms with Gasteiger partial charge in [0.1, 0.15) is 42.0 Å². The number of esters is 8. The maximum atomic E-state index is 14.6. The Morgan fingerprint density at radius 1 is 0.797 bits per heavy atom. The van der Waals surface area contributed by atoms with Crippen LogP contribution in [0.3, 0.4) is 0 Å². The van der Waals surface area contributed by atoms with Gasteiger partial charge in [-0.05, 0) is 32.0 Å². The zero-order valence-corrected chi connectivity index (χ0v) is 36.8. The summed E-state index contributed by atoms with van der Waals surface area (Å²) < 4.78 is 56.4.